The Morgan fingerprint density at radius 3 is 2.84 bits per heavy atom. The first kappa shape index (κ1) is 12.4. The highest BCUT2D eigenvalue weighted by molar-refractivity contribution is 7.15. The van der Waals surface area contributed by atoms with Crippen LogP contribution in [0.1, 0.15) is 17.8 Å². The van der Waals surface area contributed by atoms with Gasteiger partial charge in [-0.25, -0.2) is 4.98 Å². The quantitative estimate of drug-likeness (QED) is 0.936. The van der Waals surface area contributed by atoms with Gasteiger partial charge in [0.1, 0.15) is 18.2 Å². The van der Waals surface area contributed by atoms with Crippen LogP contribution in [0.15, 0.2) is 24.4 Å². The van der Waals surface area contributed by atoms with Gasteiger partial charge in [0.15, 0.2) is 11.5 Å². The van der Waals surface area contributed by atoms with E-state index in [1.165, 1.54) is 4.88 Å². The Kier molecular flexibility index (Phi) is 3.40. The first-order chi connectivity index (χ1) is 9.28. The van der Waals surface area contributed by atoms with E-state index in [0.717, 1.165) is 22.1 Å². The van der Waals surface area contributed by atoms with Gasteiger partial charge in [-0.3, -0.25) is 0 Å². The largest absolute Gasteiger partial charge is 0.486 e. The summed E-state index contributed by atoms with van der Waals surface area (Å²) in [5.74, 6) is 1.62. The zero-order valence-electron chi connectivity index (χ0n) is 11.0. The van der Waals surface area contributed by atoms with Crippen LogP contribution in [0.25, 0.3) is 10.6 Å². The zero-order valence-corrected chi connectivity index (χ0v) is 11.8. The summed E-state index contributed by atoms with van der Waals surface area (Å²) in [6.45, 7) is 3.35. The molecule has 4 nitrogen and oxygen atoms in total. The topological polar surface area (TPSA) is 43.4 Å². The van der Waals surface area contributed by atoms with Gasteiger partial charge < -0.3 is 14.8 Å². The third kappa shape index (κ3) is 2.43. The van der Waals surface area contributed by atoms with Crippen LogP contribution in [-0.2, 0) is 0 Å². The summed E-state index contributed by atoms with van der Waals surface area (Å²) < 4.78 is 11.1. The molecule has 0 saturated heterocycles. The van der Waals surface area contributed by atoms with Crippen LogP contribution in [-0.4, -0.2) is 25.2 Å². The van der Waals surface area contributed by atoms with Gasteiger partial charge in [0.25, 0.3) is 0 Å². The Bertz CT molecular complexity index is 583. The summed E-state index contributed by atoms with van der Waals surface area (Å²) >= 11 is 1.70. The number of fused-ring (bicyclic) bond motifs is 1. The van der Waals surface area contributed by atoms with Crippen LogP contribution >= 0.6 is 11.3 Å². The number of ether oxygens (including phenoxy) is 2. The molecule has 3 rings (SSSR count). The van der Waals surface area contributed by atoms with E-state index in [-0.39, 0.29) is 0 Å². The molecule has 0 bridgehead atoms. The number of benzene rings is 1. The average Bonchev–Trinajstić information content (AvgIpc) is 2.95. The molecule has 1 aliphatic rings. The van der Waals surface area contributed by atoms with Gasteiger partial charge in [-0.15, -0.1) is 11.3 Å². The second kappa shape index (κ2) is 5.19. The molecule has 1 aliphatic heterocycles. The number of rotatable bonds is 3. The van der Waals surface area contributed by atoms with Crippen molar-refractivity contribution in [3.05, 3.63) is 29.3 Å². The predicted molar refractivity (Wildman–Crippen MR) is 76.0 cm³/mol. The molecule has 2 aromatic rings. The smallest absolute Gasteiger partial charge is 0.162 e. The molecule has 0 radical (unpaired) electrons. The van der Waals surface area contributed by atoms with Crippen molar-refractivity contribution in [2.75, 3.05) is 20.3 Å². The summed E-state index contributed by atoms with van der Waals surface area (Å²) in [7, 11) is 1.95. The minimum atomic E-state index is 0.323. The van der Waals surface area contributed by atoms with Crippen LogP contribution in [0.2, 0.25) is 0 Å². The minimum absolute atomic E-state index is 0.323. The van der Waals surface area contributed by atoms with E-state index in [1.807, 2.05) is 31.4 Å². The molecule has 0 aliphatic carbocycles. The molecule has 1 unspecified atom stereocenters. The summed E-state index contributed by atoms with van der Waals surface area (Å²) in [4.78, 5) is 5.72. The zero-order chi connectivity index (χ0) is 13.2. The molecule has 19 heavy (non-hydrogen) atoms. The van der Waals surface area contributed by atoms with Crippen molar-refractivity contribution in [3.63, 3.8) is 0 Å². The molecule has 0 amide bonds. The van der Waals surface area contributed by atoms with E-state index in [2.05, 4.69) is 17.2 Å². The molecule has 2 heterocycles. The number of hydrogen-bond acceptors (Lipinski definition) is 5. The Morgan fingerprint density at radius 1 is 1.26 bits per heavy atom. The van der Waals surface area contributed by atoms with Crippen LogP contribution in [0, 0.1) is 0 Å². The number of hydrogen-bond donors (Lipinski definition) is 1. The van der Waals surface area contributed by atoms with Crippen molar-refractivity contribution in [1.29, 1.82) is 0 Å². The van der Waals surface area contributed by atoms with E-state index >= 15 is 0 Å². The van der Waals surface area contributed by atoms with E-state index in [0.29, 0.717) is 19.3 Å². The predicted octanol–water partition coefficient (Wildman–Crippen LogP) is 2.86. The van der Waals surface area contributed by atoms with Crippen molar-refractivity contribution in [2.45, 2.75) is 13.0 Å². The maximum absolute atomic E-state index is 5.60. The van der Waals surface area contributed by atoms with Gasteiger partial charge in [0.2, 0.25) is 0 Å². The second-order valence-corrected chi connectivity index (χ2v) is 5.50. The van der Waals surface area contributed by atoms with Gasteiger partial charge in [-0.1, -0.05) is 0 Å². The molecule has 1 aromatic heterocycles. The lowest BCUT2D eigenvalue weighted by molar-refractivity contribution is 0.171. The molecule has 0 fully saturated rings. The van der Waals surface area contributed by atoms with Crippen molar-refractivity contribution in [1.82, 2.24) is 10.3 Å². The average molecular weight is 276 g/mol. The second-order valence-electron chi connectivity index (χ2n) is 4.44. The fourth-order valence-corrected chi connectivity index (χ4v) is 2.91. The standard InChI is InChI=1S/C14H16N2O2S/c1-9(15-2)13-8-16-14(19-13)10-3-4-11-12(7-10)18-6-5-17-11/h3-4,7-9,15H,5-6H2,1-2H3. The summed E-state index contributed by atoms with van der Waals surface area (Å²) in [5.41, 5.74) is 1.07. The van der Waals surface area contributed by atoms with Crippen molar-refractivity contribution >= 4 is 11.3 Å². The summed E-state index contributed by atoms with van der Waals surface area (Å²) in [5, 5.41) is 4.23. The molecular formula is C14H16N2O2S. The fourth-order valence-electron chi connectivity index (χ4n) is 1.94. The highest BCUT2D eigenvalue weighted by atomic mass is 32.1. The molecule has 1 aromatic carbocycles. The highest BCUT2D eigenvalue weighted by Gasteiger charge is 2.14. The summed E-state index contributed by atoms with van der Waals surface area (Å²) in [6, 6.07) is 6.30. The van der Waals surface area contributed by atoms with Crippen LogP contribution in [0.3, 0.4) is 0 Å². The van der Waals surface area contributed by atoms with Gasteiger partial charge in [0.05, 0.1) is 0 Å². The molecule has 1 atom stereocenters. The van der Waals surface area contributed by atoms with Gasteiger partial charge in [-0.2, -0.15) is 0 Å². The number of nitrogens with one attached hydrogen (secondary N) is 1. The summed E-state index contributed by atoms with van der Waals surface area (Å²) in [6.07, 6.45) is 1.93. The Hall–Kier alpha value is -1.59. The van der Waals surface area contributed by atoms with Gasteiger partial charge >= 0.3 is 0 Å². The number of nitrogens with zero attached hydrogens (tertiary/aromatic N) is 1. The van der Waals surface area contributed by atoms with Crippen LogP contribution < -0.4 is 14.8 Å². The van der Waals surface area contributed by atoms with Gasteiger partial charge in [0, 0.05) is 22.7 Å². The van der Waals surface area contributed by atoms with Crippen LogP contribution in [0.4, 0.5) is 0 Å². The lowest BCUT2D eigenvalue weighted by Gasteiger charge is -2.18. The molecule has 100 valence electrons. The lowest BCUT2D eigenvalue weighted by atomic mass is 10.2. The molecule has 0 spiro atoms. The number of aromatic nitrogens is 1. The maximum Gasteiger partial charge on any atom is 0.162 e. The lowest BCUT2D eigenvalue weighted by Crippen LogP contribution is -2.15. The van der Waals surface area contributed by atoms with Gasteiger partial charge in [-0.05, 0) is 32.2 Å². The van der Waals surface area contributed by atoms with Crippen LogP contribution in [0.5, 0.6) is 11.5 Å². The first-order valence-corrected chi connectivity index (χ1v) is 7.12. The molecule has 5 heteroatoms. The van der Waals surface area contributed by atoms with E-state index in [1.54, 1.807) is 11.3 Å². The normalized spacial score (nSPS) is 15.3. The highest BCUT2D eigenvalue weighted by Crippen LogP contribution is 2.36. The third-order valence-corrected chi connectivity index (χ3v) is 4.40. The minimum Gasteiger partial charge on any atom is -0.486 e. The molecule has 0 saturated carbocycles. The fraction of sp³-hybridized carbons (Fsp3) is 0.357. The Labute approximate surface area is 116 Å². The monoisotopic (exact) mass is 276 g/mol. The molecule has 1 N–H and O–H groups in total. The van der Waals surface area contributed by atoms with Crippen molar-refractivity contribution in [2.24, 2.45) is 0 Å². The SMILES string of the molecule is CNC(C)c1cnc(-c2ccc3c(c2)OCCO3)s1. The Balaban J connectivity index is 1.91. The third-order valence-electron chi connectivity index (χ3n) is 3.17. The molecular weight excluding hydrogens is 260 g/mol. The van der Waals surface area contributed by atoms with E-state index in [4.69, 9.17) is 9.47 Å². The number of thiazole rings is 1. The van der Waals surface area contributed by atoms with Crippen molar-refractivity contribution in [3.8, 4) is 22.1 Å². The van der Waals surface area contributed by atoms with Crippen molar-refractivity contribution < 1.29 is 9.47 Å². The maximum atomic E-state index is 5.60. The first-order valence-electron chi connectivity index (χ1n) is 6.31. The van der Waals surface area contributed by atoms with E-state index in [9.17, 15) is 0 Å². The van der Waals surface area contributed by atoms with E-state index < -0.39 is 0 Å². The Morgan fingerprint density at radius 2 is 2.05 bits per heavy atom.